The van der Waals surface area contributed by atoms with Crippen molar-refractivity contribution in [2.24, 2.45) is 28.6 Å². The Morgan fingerprint density at radius 3 is 2.58 bits per heavy atom. The summed E-state index contributed by atoms with van der Waals surface area (Å²) in [5.74, 6) is -1.86. The molecule has 31 heavy (non-hydrogen) atoms. The van der Waals surface area contributed by atoms with Crippen LogP contribution in [-0.4, -0.2) is 40.0 Å². The predicted molar refractivity (Wildman–Crippen MR) is 113 cm³/mol. The SMILES string of the molecule is CCC(=O)OC1(C(C)=O)C(C)CC2C3CCC4=CC(=O)C=CC4(C)C3(F)C(O)CC21C. The van der Waals surface area contributed by atoms with E-state index in [1.165, 1.54) is 19.1 Å². The number of hydrogen-bond acceptors (Lipinski definition) is 5. The number of aliphatic hydroxyl groups excluding tert-OH is 1. The summed E-state index contributed by atoms with van der Waals surface area (Å²) in [5.41, 5.74) is -4.55. The molecule has 0 radical (unpaired) electrons. The first kappa shape index (κ1) is 22.4. The summed E-state index contributed by atoms with van der Waals surface area (Å²) in [5, 5.41) is 11.4. The van der Waals surface area contributed by atoms with E-state index in [1.54, 1.807) is 19.9 Å². The molecule has 8 atom stereocenters. The molecule has 0 saturated heterocycles. The number of esters is 1. The zero-order chi connectivity index (χ0) is 23.0. The molecule has 0 aliphatic heterocycles. The molecule has 6 heteroatoms. The van der Waals surface area contributed by atoms with Crippen LogP contribution >= 0.6 is 0 Å². The summed E-state index contributed by atoms with van der Waals surface area (Å²) in [6, 6.07) is 0. The van der Waals surface area contributed by atoms with Gasteiger partial charge in [0.1, 0.15) is 0 Å². The highest BCUT2D eigenvalue weighted by Gasteiger charge is 2.76. The number of rotatable bonds is 3. The second-order valence-corrected chi connectivity index (χ2v) is 10.5. The Kier molecular flexibility index (Phi) is 4.94. The van der Waals surface area contributed by atoms with Gasteiger partial charge < -0.3 is 9.84 Å². The van der Waals surface area contributed by atoms with E-state index in [0.717, 1.165) is 5.57 Å². The Morgan fingerprint density at radius 1 is 1.29 bits per heavy atom. The smallest absolute Gasteiger partial charge is 0.306 e. The van der Waals surface area contributed by atoms with E-state index in [9.17, 15) is 19.5 Å². The third-order valence-electron chi connectivity index (χ3n) is 9.27. The van der Waals surface area contributed by atoms with Crippen LogP contribution in [-0.2, 0) is 19.1 Å². The van der Waals surface area contributed by atoms with Crippen molar-refractivity contribution in [2.45, 2.75) is 84.1 Å². The highest BCUT2D eigenvalue weighted by atomic mass is 19.1. The van der Waals surface area contributed by atoms with Crippen molar-refractivity contribution in [2.75, 3.05) is 0 Å². The minimum Gasteiger partial charge on any atom is -0.450 e. The van der Waals surface area contributed by atoms with Crippen LogP contribution in [0, 0.1) is 28.6 Å². The molecule has 8 unspecified atom stereocenters. The fraction of sp³-hybridized carbons (Fsp3) is 0.720. The number of allylic oxidation sites excluding steroid dienone is 4. The molecule has 3 fully saturated rings. The number of carbonyl (C=O) groups excluding carboxylic acids is 3. The summed E-state index contributed by atoms with van der Waals surface area (Å²) >= 11 is 0. The maximum atomic E-state index is 17.1. The average Bonchev–Trinajstić information content (AvgIpc) is 2.91. The van der Waals surface area contributed by atoms with Crippen molar-refractivity contribution in [3.05, 3.63) is 23.8 Å². The Morgan fingerprint density at radius 2 is 1.97 bits per heavy atom. The lowest BCUT2D eigenvalue weighted by Gasteiger charge is -2.62. The minimum absolute atomic E-state index is 0.0240. The van der Waals surface area contributed by atoms with Crippen molar-refractivity contribution < 1.29 is 28.6 Å². The summed E-state index contributed by atoms with van der Waals surface area (Å²) < 4.78 is 23.0. The molecule has 3 saturated carbocycles. The zero-order valence-corrected chi connectivity index (χ0v) is 19.0. The van der Waals surface area contributed by atoms with Gasteiger partial charge in [0, 0.05) is 29.1 Å². The molecule has 5 nitrogen and oxygen atoms in total. The van der Waals surface area contributed by atoms with Crippen LogP contribution in [0.3, 0.4) is 0 Å². The number of ketones is 2. The average molecular weight is 433 g/mol. The number of hydrogen-bond donors (Lipinski definition) is 1. The number of ether oxygens (including phenoxy) is 1. The van der Waals surface area contributed by atoms with Gasteiger partial charge in [-0.1, -0.05) is 32.4 Å². The van der Waals surface area contributed by atoms with E-state index in [-0.39, 0.29) is 36.2 Å². The van der Waals surface area contributed by atoms with Crippen LogP contribution < -0.4 is 0 Å². The van der Waals surface area contributed by atoms with Crippen LogP contribution in [0.1, 0.15) is 66.7 Å². The first-order valence-corrected chi connectivity index (χ1v) is 11.4. The van der Waals surface area contributed by atoms with Crippen molar-refractivity contribution in [3.8, 4) is 0 Å². The third-order valence-corrected chi connectivity index (χ3v) is 9.27. The lowest BCUT2D eigenvalue weighted by Crippen LogP contribution is -2.69. The Balaban J connectivity index is 1.84. The predicted octanol–water partition coefficient (Wildman–Crippen LogP) is 3.88. The third kappa shape index (κ3) is 2.54. The van der Waals surface area contributed by atoms with Crippen LogP contribution in [0.25, 0.3) is 0 Å². The molecule has 4 aliphatic rings. The van der Waals surface area contributed by atoms with Gasteiger partial charge in [0.25, 0.3) is 0 Å². The van der Waals surface area contributed by atoms with E-state index in [4.69, 9.17) is 4.74 Å². The molecule has 4 rings (SSSR count). The molecule has 0 aromatic carbocycles. The summed E-state index contributed by atoms with van der Waals surface area (Å²) in [4.78, 5) is 37.4. The van der Waals surface area contributed by atoms with E-state index in [0.29, 0.717) is 19.3 Å². The molecule has 170 valence electrons. The molecular weight excluding hydrogens is 399 g/mol. The number of aliphatic hydroxyl groups is 1. The van der Waals surface area contributed by atoms with Crippen molar-refractivity contribution >= 4 is 17.5 Å². The standard InChI is InChI=1S/C25H33FO5/c1-6-21(30)31-25(15(3)27)14(2)11-19-18-8-7-16-12-17(28)9-10-22(16,4)24(18,26)20(29)13-23(19,25)5/h9-10,12,14,18-20,29H,6-8,11,13H2,1-5H3. The molecule has 0 aromatic rings. The number of carbonyl (C=O) groups is 3. The highest BCUT2D eigenvalue weighted by Crippen LogP contribution is 2.71. The van der Waals surface area contributed by atoms with Gasteiger partial charge in [-0.15, -0.1) is 0 Å². The van der Waals surface area contributed by atoms with Crippen molar-refractivity contribution in [3.63, 3.8) is 0 Å². The van der Waals surface area contributed by atoms with Gasteiger partial charge in [-0.3, -0.25) is 14.4 Å². The van der Waals surface area contributed by atoms with Crippen molar-refractivity contribution in [1.82, 2.24) is 0 Å². The monoisotopic (exact) mass is 432 g/mol. The Labute approximate surface area is 183 Å². The van der Waals surface area contributed by atoms with Crippen LogP contribution in [0.15, 0.2) is 23.8 Å². The first-order valence-electron chi connectivity index (χ1n) is 11.4. The fourth-order valence-corrected chi connectivity index (χ4v) is 7.82. The van der Waals surface area contributed by atoms with Crippen LogP contribution in [0.5, 0.6) is 0 Å². The highest BCUT2D eigenvalue weighted by molar-refractivity contribution is 6.01. The largest absolute Gasteiger partial charge is 0.450 e. The van der Waals surface area contributed by atoms with E-state index >= 15 is 4.39 Å². The molecule has 0 spiro atoms. The molecule has 1 N–H and O–H groups in total. The van der Waals surface area contributed by atoms with Crippen molar-refractivity contribution in [1.29, 1.82) is 0 Å². The molecular formula is C25H33FO5. The Hall–Kier alpha value is -1.82. The fourth-order valence-electron chi connectivity index (χ4n) is 7.82. The number of halogens is 1. The topological polar surface area (TPSA) is 80.7 Å². The van der Waals surface area contributed by atoms with E-state index < -0.39 is 40.1 Å². The maximum absolute atomic E-state index is 17.1. The van der Waals surface area contributed by atoms with Gasteiger partial charge in [-0.2, -0.15) is 0 Å². The maximum Gasteiger partial charge on any atom is 0.306 e. The lowest BCUT2D eigenvalue weighted by atomic mass is 9.44. The molecule has 0 amide bonds. The number of alkyl halides is 1. The normalized spacial score (nSPS) is 48.4. The van der Waals surface area contributed by atoms with E-state index in [2.05, 4.69) is 0 Å². The van der Waals surface area contributed by atoms with Crippen LogP contribution in [0.4, 0.5) is 4.39 Å². The number of fused-ring (bicyclic) bond motifs is 5. The van der Waals surface area contributed by atoms with Crippen LogP contribution in [0.2, 0.25) is 0 Å². The Bertz CT molecular complexity index is 908. The molecule has 0 bridgehead atoms. The molecule has 0 heterocycles. The van der Waals surface area contributed by atoms with Gasteiger partial charge in [-0.25, -0.2) is 4.39 Å². The second kappa shape index (κ2) is 6.84. The summed E-state index contributed by atoms with van der Waals surface area (Å²) in [6.45, 7) is 8.69. The summed E-state index contributed by atoms with van der Waals surface area (Å²) in [7, 11) is 0. The van der Waals surface area contributed by atoms with Gasteiger partial charge in [-0.05, 0) is 57.6 Å². The van der Waals surface area contributed by atoms with Gasteiger partial charge in [0.2, 0.25) is 0 Å². The van der Waals surface area contributed by atoms with Gasteiger partial charge in [0.05, 0.1) is 6.10 Å². The molecule has 0 aromatic heterocycles. The zero-order valence-electron chi connectivity index (χ0n) is 19.0. The molecule has 4 aliphatic carbocycles. The van der Waals surface area contributed by atoms with E-state index in [1.807, 2.05) is 13.8 Å². The van der Waals surface area contributed by atoms with Gasteiger partial charge >= 0.3 is 5.97 Å². The number of Topliss-reactive ketones (excluding diaryl/α,β-unsaturated/α-hetero) is 1. The summed E-state index contributed by atoms with van der Waals surface area (Å²) in [6.07, 6.45) is 4.95. The van der Waals surface area contributed by atoms with Gasteiger partial charge in [0.15, 0.2) is 22.8 Å². The minimum atomic E-state index is -1.96. The lowest BCUT2D eigenvalue weighted by molar-refractivity contribution is -0.227. The first-order chi connectivity index (χ1) is 14.4. The second-order valence-electron chi connectivity index (χ2n) is 10.5. The quantitative estimate of drug-likeness (QED) is 0.685.